The average Bonchev–Trinajstić information content (AvgIpc) is 2.69. The fourth-order valence-corrected chi connectivity index (χ4v) is 2.78. The lowest BCUT2D eigenvalue weighted by molar-refractivity contribution is -0.153. The number of carbonyl (C=O) groups excluding carboxylic acids is 2. The number of carbonyl (C=O) groups is 2. The summed E-state index contributed by atoms with van der Waals surface area (Å²) in [7, 11) is 1.62. The number of benzene rings is 2. The second-order valence-electron chi connectivity index (χ2n) is 6.09. The number of likely N-dealkylation sites (N-methyl/N-ethyl adjacent to an activating group) is 1. The molecule has 1 atom stereocenters. The van der Waals surface area contributed by atoms with Crippen LogP contribution in [0.3, 0.4) is 0 Å². The number of anilines is 1. The van der Waals surface area contributed by atoms with Crippen LogP contribution in [0.2, 0.25) is 0 Å². The predicted molar refractivity (Wildman–Crippen MR) is 101 cm³/mol. The van der Waals surface area contributed by atoms with Gasteiger partial charge in [-0.1, -0.05) is 36.4 Å². The van der Waals surface area contributed by atoms with Crippen LogP contribution in [-0.4, -0.2) is 35.2 Å². The number of aromatic amines is 1. The summed E-state index contributed by atoms with van der Waals surface area (Å²) in [5.74, 6) is -0.934. The summed E-state index contributed by atoms with van der Waals surface area (Å²) in [6.07, 6.45) is -1.10. The second kappa shape index (κ2) is 7.82. The Bertz CT molecular complexity index is 1030. The summed E-state index contributed by atoms with van der Waals surface area (Å²) >= 11 is 0. The first-order valence-corrected chi connectivity index (χ1v) is 8.46. The Morgan fingerprint density at radius 1 is 1.07 bits per heavy atom. The Kier molecular flexibility index (Phi) is 5.30. The number of aromatic nitrogens is 2. The number of nitrogens with zero attached hydrogens (tertiary/aromatic N) is 2. The van der Waals surface area contributed by atoms with Crippen LogP contribution in [0.1, 0.15) is 12.6 Å². The Morgan fingerprint density at radius 3 is 2.41 bits per heavy atom. The van der Waals surface area contributed by atoms with Gasteiger partial charge < -0.3 is 9.64 Å². The summed E-state index contributed by atoms with van der Waals surface area (Å²) in [6.45, 7) is 1.53. The van der Waals surface area contributed by atoms with Gasteiger partial charge in [0.25, 0.3) is 11.5 Å². The minimum absolute atomic E-state index is 0.149. The highest BCUT2D eigenvalue weighted by Gasteiger charge is 2.23. The zero-order valence-electron chi connectivity index (χ0n) is 15.0. The first kappa shape index (κ1) is 18.3. The maximum Gasteiger partial charge on any atom is 0.312 e. The molecule has 1 aromatic heterocycles. The predicted octanol–water partition coefficient (Wildman–Crippen LogP) is 2.06. The number of rotatable bonds is 5. The largest absolute Gasteiger partial charge is 0.452 e. The zero-order chi connectivity index (χ0) is 19.4. The molecule has 0 spiro atoms. The summed E-state index contributed by atoms with van der Waals surface area (Å²) in [5, 5.41) is 7.35. The topological polar surface area (TPSA) is 92.4 Å². The number of hydrogen-bond acceptors (Lipinski definition) is 5. The molecule has 1 amide bonds. The van der Waals surface area contributed by atoms with Crippen LogP contribution in [0.15, 0.2) is 59.4 Å². The SMILES string of the molecule is C[C@@H](OC(=O)Cc1n[nH]c(=O)c2ccccc12)C(=O)N(C)c1ccccc1. The highest BCUT2D eigenvalue weighted by Crippen LogP contribution is 2.15. The number of fused-ring (bicyclic) bond motifs is 1. The second-order valence-corrected chi connectivity index (χ2v) is 6.09. The fraction of sp³-hybridized carbons (Fsp3) is 0.200. The molecule has 0 radical (unpaired) electrons. The van der Waals surface area contributed by atoms with E-state index >= 15 is 0 Å². The molecule has 2 aromatic carbocycles. The minimum Gasteiger partial charge on any atom is -0.452 e. The van der Waals surface area contributed by atoms with Crippen LogP contribution in [0.4, 0.5) is 5.69 Å². The van der Waals surface area contributed by atoms with Crippen molar-refractivity contribution < 1.29 is 14.3 Å². The van der Waals surface area contributed by atoms with Crippen molar-refractivity contribution in [2.24, 2.45) is 0 Å². The third kappa shape index (κ3) is 4.03. The van der Waals surface area contributed by atoms with E-state index in [0.29, 0.717) is 22.2 Å². The van der Waals surface area contributed by atoms with Crippen molar-refractivity contribution in [1.82, 2.24) is 10.2 Å². The van der Waals surface area contributed by atoms with Crippen LogP contribution in [0.25, 0.3) is 10.8 Å². The number of esters is 1. The molecule has 0 aliphatic heterocycles. The van der Waals surface area contributed by atoms with Crippen molar-refractivity contribution in [3.8, 4) is 0 Å². The smallest absolute Gasteiger partial charge is 0.312 e. The average molecular weight is 365 g/mol. The minimum atomic E-state index is -0.947. The maximum absolute atomic E-state index is 12.5. The lowest BCUT2D eigenvalue weighted by Crippen LogP contribution is -2.37. The molecule has 138 valence electrons. The van der Waals surface area contributed by atoms with Crippen molar-refractivity contribution in [1.29, 1.82) is 0 Å². The summed E-state index contributed by atoms with van der Waals surface area (Å²) < 4.78 is 5.28. The Morgan fingerprint density at radius 2 is 1.70 bits per heavy atom. The molecule has 0 aliphatic rings. The quantitative estimate of drug-likeness (QED) is 0.699. The zero-order valence-corrected chi connectivity index (χ0v) is 15.0. The van der Waals surface area contributed by atoms with Crippen molar-refractivity contribution in [3.63, 3.8) is 0 Å². The number of nitrogens with one attached hydrogen (secondary N) is 1. The molecular weight excluding hydrogens is 346 g/mol. The van der Waals surface area contributed by atoms with Gasteiger partial charge in [0, 0.05) is 18.1 Å². The van der Waals surface area contributed by atoms with Gasteiger partial charge in [-0.05, 0) is 25.1 Å². The first-order valence-electron chi connectivity index (χ1n) is 8.46. The molecule has 0 bridgehead atoms. The molecule has 7 nitrogen and oxygen atoms in total. The van der Waals surface area contributed by atoms with Gasteiger partial charge in [-0.3, -0.25) is 14.4 Å². The van der Waals surface area contributed by atoms with Crippen LogP contribution < -0.4 is 10.5 Å². The van der Waals surface area contributed by atoms with E-state index in [-0.39, 0.29) is 17.9 Å². The van der Waals surface area contributed by atoms with Gasteiger partial charge in [-0.15, -0.1) is 0 Å². The van der Waals surface area contributed by atoms with Crippen LogP contribution in [-0.2, 0) is 20.7 Å². The monoisotopic (exact) mass is 365 g/mol. The van der Waals surface area contributed by atoms with E-state index in [1.807, 2.05) is 18.2 Å². The normalized spacial score (nSPS) is 11.8. The third-order valence-electron chi connectivity index (χ3n) is 4.22. The highest BCUT2D eigenvalue weighted by molar-refractivity contribution is 5.97. The molecular formula is C20H19N3O4. The molecule has 0 aliphatic carbocycles. The molecule has 0 saturated heterocycles. The molecule has 27 heavy (non-hydrogen) atoms. The van der Waals surface area contributed by atoms with Gasteiger partial charge in [0.05, 0.1) is 17.5 Å². The number of hydrogen-bond donors (Lipinski definition) is 1. The van der Waals surface area contributed by atoms with Crippen LogP contribution in [0, 0.1) is 0 Å². The van der Waals surface area contributed by atoms with Gasteiger partial charge in [0.15, 0.2) is 6.10 Å². The van der Waals surface area contributed by atoms with Crippen molar-refractivity contribution >= 4 is 28.3 Å². The molecule has 0 fully saturated rings. The number of ether oxygens (including phenoxy) is 1. The Hall–Kier alpha value is -3.48. The van der Waals surface area contributed by atoms with Gasteiger partial charge in [-0.25, -0.2) is 5.10 Å². The molecule has 3 aromatic rings. The molecule has 1 heterocycles. The lowest BCUT2D eigenvalue weighted by Gasteiger charge is -2.21. The maximum atomic E-state index is 12.5. The van der Waals surface area contributed by atoms with Gasteiger partial charge in [0.2, 0.25) is 0 Å². The first-order chi connectivity index (χ1) is 13.0. The molecule has 3 rings (SSSR count). The summed E-state index contributed by atoms with van der Waals surface area (Å²) in [5.41, 5.74) is 0.778. The molecule has 7 heteroatoms. The summed E-state index contributed by atoms with van der Waals surface area (Å²) in [6, 6.07) is 16.0. The standard InChI is InChI=1S/C20H19N3O4/c1-13(20(26)23(2)14-8-4-3-5-9-14)27-18(24)12-17-15-10-6-7-11-16(15)19(25)22-21-17/h3-11,13H,12H2,1-2H3,(H,22,25)/t13-/m1/s1. The van der Waals surface area contributed by atoms with E-state index < -0.39 is 12.1 Å². The van der Waals surface area contributed by atoms with E-state index in [2.05, 4.69) is 10.2 Å². The highest BCUT2D eigenvalue weighted by atomic mass is 16.5. The van der Waals surface area contributed by atoms with Crippen LogP contribution in [0.5, 0.6) is 0 Å². The lowest BCUT2D eigenvalue weighted by atomic mass is 10.1. The van der Waals surface area contributed by atoms with E-state index in [1.165, 1.54) is 11.8 Å². The molecule has 1 N–H and O–H groups in total. The van der Waals surface area contributed by atoms with Crippen molar-refractivity contribution in [2.75, 3.05) is 11.9 Å². The number of para-hydroxylation sites is 1. The molecule has 0 saturated carbocycles. The van der Waals surface area contributed by atoms with E-state index in [9.17, 15) is 14.4 Å². The fourth-order valence-electron chi connectivity index (χ4n) is 2.78. The Balaban J connectivity index is 1.70. The van der Waals surface area contributed by atoms with Crippen molar-refractivity contribution in [2.45, 2.75) is 19.4 Å². The number of amides is 1. The van der Waals surface area contributed by atoms with Crippen LogP contribution >= 0.6 is 0 Å². The van der Waals surface area contributed by atoms with Gasteiger partial charge in [0.1, 0.15) is 0 Å². The number of H-pyrrole nitrogens is 1. The van der Waals surface area contributed by atoms with E-state index in [4.69, 9.17) is 4.74 Å². The Labute approximate surface area is 155 Å². The van der Waals surface area contributed by atoms with E-state index in [1.54, 1.807) is 43.4 Å². The van der Waals surface area contributed by atoms with Gasteiger partial charge >= 0.3 is 5.97 Å². The van der Waals surface area contributed by atoms with Crippen molar-refractivity contribution in [3.05, 3.63) is 70.6 Å². The molecule has 0 unspecified atom stereocenters. The summed E-state index contributed by atoms with van der Waals surface area (Å²) in [4.78, 5) is 38.0. The van der Waals surface area contributed by atoms with Gasteiger partial charge in [-0.2, -0.15) is 5.10 Å². The third-order valence-corrected chi connectivity index (χ3v) is 4.22. The van der Waals surface area contributed by atoms with E-state index in [0.717, 1.165) is 0 Å².